The minimum atomic E-state index is -0.239. The number of fused-ring (bicyclic) bond motifs is 1. The topological polar surface area (TPSA) is 55.6 Å². The van der Waals surface area contributed by atoms with Crippen LogP contribution in [0.5, 0.6) is 5.75 Å². The molecule has 5 nitrogen and oxygen atoms in total. The highest BCUT2D eigenvalue weighted by atomic mass is 16.5. The van der Waals surface area contributed by atoms with Gasteiger partial charge in [-0.1, -0.05) is 18.2 Å². The highest BCUT2D eigenvalue weighted by Gasteiger charge is 2.09. The summed E-state index contributed by atoms with van der Waals surface area (Å²) >= 11 is 0. The van der Waals surface area contributed by atoms with Crippen LogP contribution >= 0.6 is 0 Å². The van der Waals surface area contributed by atoms with Gasteiger partial charge >= 0.3 is 0 Å². The molecule has 0 atom stereocenters. The van der Waals surface area contributed by atoms with Gasteiger partial charge in [0, 0.05) is 6.20 Å². The van der Waals surface area contributed by atoms with Crippen molar-refractivity contribution in [2.45, 2.75) is 13.8 Å². The molecule has 2 heterocycles. The van der Waals surface area contributed by atoms with Crippen LogP contribution in [-0.4, -0.2) is 21.9 Å². The Hall–Kier alpha value is -2.82. The van der Waals surface area contributed by atoms with E-state index in [4.69, 9.17) is 4.74 Å². The van der Waals surface area contributed by atoms with E-state index in [0.717, 1.165) is 22.4 Å². The molecule has 3 aromatic rings. The third-order valence-corrected chi connectivity index (χ3v) is 3.60. The van der Waals surface area contributed by atoms with Gasteiger partial charge in [0.25, 0.3) is 5.91 Å². The molecule has 1 amide bonds. The third-order valence-electron chi connectivity index (χ3n) is 3.60. The standard InChI is InChI=1S/C17H17N3O2/c1-12-6-5-8-15(13(12)2)22-11-16(21)19-17-18-10-14-7-3-4-9-20(14)17/h3-10H,11H2,1-2H3,(H,18,19,21). The van der Waals surface area contributed by atoms with Crippen molar-refractivity contribution in [1.82, 2.24) is 9.38 Å². The molecule has 5 heteroatoms. The molecule has 0 saturated heterocycles. The predicted molar refractivity (Wildman–Crippen MR) is 85.2 cm³/mol. The Morgan fingerprint density at radius 2 is 2.09 bits per heavy atom. The zero-order valence-electron chi connectivity index (χ0n) is 12.5. The molecular weight excluding hydrogens is 278 g/mol. The second-order valence-corrected chi connectivity index (χ2v) is 5.11. The highest BCUT2D eigenvalue weighted by molar-refractivity contribution is 5.90. The first-order valence-corrected chi connectivity index (χ1v) is 7.06. The molecule has 0 aliphatic rings. The summed E-state index contributed by atoms with van der Waals surface area (Å²) in [7, 11) is 0. The molecule has 0 spiro atoms. The maximum atomic E-state index is 12.0. The molecule has 0 aliphatic heterocycles. The molecule has 0 bridgehead atoms. The van der Waals surface area contributed by atoms with E-state index < -0.39 is 0 Å². The molecule has 0 radical (unpaired) electrons. The number of ether oxygens (including phenoxy) is 1. The number of benzene rings is 1. The fraction of sp³-hybridized carbons (Fsp3) is 0.176. The van der Waals surface area contributed by atoms with Crippen molar-refractivity contribution in [2.75, 3.05) is 11.9 Å². The van der Waals surface area contributed by atoms with E-state index >= 15 is 0 Å². The lowest BCUT2D eigenvalue weighted by Gasteiger charge is -2.10. The summed E-state index contributed by atoms with van der Waals surface area (Å²) in [5, 5.41) is 2.76. The van der Waals surface area contributed by atoms with Crippen LogP contribution in [0.25, 0.3) is 5.52 Å². The maximum absolute atomic E-state index is 12.0. The van der Waals surface area contributed by atoms with Crippen LogP contribution in [0.15, 0.2) is 48.8 Å². The lowest BCUT2D eigenvalue weighted by atomic mass is 10.1. The molecule has 112 valence electrons. The average molecular weight is 295 g/mol. The van der Waals surface area contributed by atoms with Gasteiger partial charge < -0.3 is 4.74 Å². The van der Waals surface area contributed by atoms with Gasteiger partial charge in [-0.2, -0.15) is 0 Å². The average Bonchev–Trinajstić information content (AvgIpc) is 2.92. The van der Waals surface area contributed by atoms with Crippen molar-refractivity contribution in [2.24, 2.45) is 0 Å². The Morgan fingerprint density at radius 1 is 1.23 bits per heavy atom. The normalized spacial score (nSPS) is 10.6. The molecule has 0 unspecified atom stereocenters. The fourth-order valence-corrected chi connectivity index (χ4v) is 2.22. The highest BCUT2D eigenvalue weighted by Crippen LogP contribution is 2.20. The number of imidazole rings is 1. The summed E-state index contributed by atoms with van der Waals surface area (Å²) in [6.45, 7) is 3.94. The van der Waals surface area contributed by atoms with E-state index in [1.54, 1.807) is 6.20 Å². The number of hydrogen-bond acceptors (Lipinski definition) is 3. The quantitative estimate of drug-likeness (QED) is 0.805. The number of nitrogens with zero attached hydrogens (tertiary/aromatic N) is 2. The largest absolute Gasteiger partial charge is 0.483 e. The van der Waals surface area contributed by atoms with Crippen molar-refractivity contribution in [3.8, 4) is 5.75 Å². The van der Waals surface area contributed by atoms with Crippen LogP contribution in [0.1, 0.15) is 11.1 Å². The number of anilines is 1. The number of amides is 1. The van der Waals surface area contributed by atoms with Gasteiger partial charge in [-0.05, 0) is 43.2 Å². The number of rotatable bonds is 4. The lowest BCUT2D eigenvalue weighted by Crippen LogP contribution is -2.21. The van der Waals surface area contributed by atoms with Crippen molar-refractivity contribution in [3.05, 3.63) is 59.9 Å². The molecule has 1 N–H and O–H groups in total. The first-order chi connectivity index (χ1) is 10.6. The Morgan fingerprint density at radius 3 is 2.95 bits per heavy atom. The van der Waals surface area contributed by atoms with E-state index in [-0.39, 0.29) is 12.5 Å². The summed E-state index contributed by atoms with van der Waals surface area (Å²) < 4.78 is 7.41. The summed E-state index contributed by atoms with van der Waals surface area (Å²) in [5.74, 6) is 0.977. The summed E-state index contributed by atoms with van der Waals surface area (Å²) in [6.07, 6.45) is 3.56. The van der Waals surface area contributed by atoms with E-state index in [1.165, 1.54) is 0 Å². The van der Waals surface area contributed by atoms with Gasteiger partial charge in [-0.3, -0.25) is 14.5 Å². The van der Waals surface area contributed by atoms with Gasteiger partial charge in [0.1, 0.15) is 5.75 Å². The van der Waals surface area contributed by atoms with Crippen LogP contribution in [0.4, 0.5) is 5.95 Å². The van der Waals surface area contributed by atoms with E-state index in [2.05, 4.69) is 10.3 Å². The molecular formula is C17H17N3O2. The van der Waals surface area contributed by atoms with Crippen LogP contribution in [0.3, 0.4) is 0 Å². The fourth-order valence-electron chi connectivity index (χ4n) is 2.22. The number of carbonyl (C=O) groups is 1. The maximum Gasteiger partial charge on any atom is 0.264 e. The van der Waals surface area contributed by atoms with Crippen LogP contribution in [0, 0.1) is 13.8 Å². The number of hydrogen-bond donors (Lipinski definition) is 1. The zero-order valence-corrected chi connectivity index (χ0v) is 12.5. The van der Waals surface area contributed by atoms with E-state index in [9.17, 15) is 4.79 Å². The first kappa shape index (κ1) is 14.1. The molecule has 0 saturated carbocycles. The minimum Gasteiger partial charge on any atom is -0.483 e. The lowest BCUT2D eigenvalue weighted by molar-refractivity contribution is -0.118. The van der Waals surface area contributed by atoms with Crippen LogP contribution < -0.4 is 10.1 Å². The zero-order chi connectivity index (χ0) is 15.5. The molecule has 0 fully saturated rings. The second kappa shape index (κ2) is 5.89. The van der Waals surface area contributed by atoms with Gasteiger partial charge in [-0.25, -0.2) is 4.98 Å². The molecule has 2 aromatic heterocycles. The smallest absolute Gasteiger partial charge is 0.264 e. The Labute approximate surface area is 128 Å². The Bertz CT molecular complexity index is 824. The Balaban J connectivity index is 1.67. The monoisotopic (exact) mass is 295 g/mol. The predicted octanol–water partition coefficient (Wildman–Crippen LogP) is 2.97. The van der Waals surface area contributed by atoms with Gasteiger partial charge in [0.2, 0.25) is 5.95 Å². The number of nitrogens with one attached hydrogen (secondary N) is 1. The van der Waals surface area contributed by atoms with Crippen molar-refractivity contribution < 1.29 is 9.53 Å². The molecule has 0 aliphatic carbocycles. The summed E-state index contributed by atoms with van der Waals surface area (Å²) in [6, 6.07) is 11.5. The van der Waals surface area contributed by atoms with Crippen LogP contribution in [0.2, 0.25) is 0 Å². The first-order valence-electron chi connectivity index (χ1n) is 7.06. The van der Waals surface area contributed by atoms with Gasteiger partial charge in [0.05, 0.1) is 11.7 Å². The molecule has 22 heavy (non-hydrogen) atoms. The Kier molecular flexibility index (Phi) is 3.78. The van der Waals surface area contributed by atoms with Gasteiger partial charge in [0.15, 0.2) is 6.61 Å². The molecule has 1 aromatic carbocycles. The van der Waals surface area contributed by atoms with Crippen LogP contribution in [-0.2, 0) is 4.79 Å². The van der Waals surface area contributed by atoms with Crippen molar-refractivity contribution in [1.29, 1.82) is 0 Å². The number of aryl methyl sites for hydroxylation is 1. The van der Waals surface area contributed by atoms with Crippen molar-refractivity contribution in [3.63, 3.8) is 0 Å². The number of aromatic nitrogens is 2. The SMILES string of the molecule is Cc1cccc(OCC(=O)Nc2ncc3ccccn23)c1C. The summed E-state index contributed by atoms with van der Waals surface area (Å²) in [5.41, 5.74) is 3.10. The van der Waals surface area contributed by atoms with E-state index in [0.29, 0.717) is 5.95 Å². The third kappa shape index (κ3) is 2.79. The number of carbonyl (C=O) groups excluding carboxylic acids is 1. The van der Waals surface area contributed by atoms with E-state index in [1.807, 2.05) is 60.8 Å². The second-order valence-electron chi connectivity index (χ2n) is 5.11. The summed E-state index contributed by atoms with van der Waals surface area (Å²) in [4.78, 5) is 16.2. The van der Waals surface area contributed by atoms with Crippen molar-refractivity contribution >= 4 is 17.4 Å². The van der Waals surface area contributed by atoms with Gasteiger partial charge in [-0.15, -0.1) is 0 Å². The number of pyridine rings is 1. The molecule has 3 rings (SSSR count). The minimum absolute atomic E-state index is 0.0496.